The van der Waals surface area contributed by atoms with Crippen LogP contribution in [0.5, 0.6) is 0 Å². The fraction of sp³-hybridized carbons (Fsp3) is 0.176. The number of hydrogen-bond donors (Lipinski definition) is 0. The predicted molar refractivity (Wildman–Crippen MR) is 153 cm³/mol. The van der Waals surface area contributed by atoms with E-state index in [-0.39, 0.29) is 0 Å². The van der Waals surface area contributed by atoms with Crippen molar-refractivity contribution in [2.75, 3.05) is 0 Å². The van der Waals surface area contributed by atoms with Gasteiger partial charge in [-0.2, -0.15) is 0 Å². The second-order valence-electron chi connectivity index (χ2n) is 11.5. The summed E-state index contributed by atoms with van der Waals surface area (Å²) in [6.07, 6.45) is 0. The van der Waals surface area contributed by atoms with Crippen molar-refractivity contribution in [3.8, 4) is 0 Å². The van der Waals surface area contributed by atoms with Crippen LogP contribution in [0.2, 0.25) is 9.36 Å². The molecular weight excluding hydrogens is 615 g/mol. The molecule has 4 bridgehead atoms. The van der Waals surface area contributed by atoms with E-state index in [1.165, 1.54) is 21.5 Å². The van der Waals surface area contributed by atoms with E-state index in [0.29, 0.717) is 7.35 Å². The summed E-state index contributed by atoms with van der Waals surface area (Å²) in [7, 11) is -2.59. The van der Waals surface area contributed by atoms with E-state index in [9.17, 15) is 0 Å². The first-order valence-corrected chi connectivity index (χ1v) is 26.5. The maximum atomic E-state index is 2.74. The SMILES string of the molecule is CC1=C2c3ccccc3[CH]1[Hf]([CH3])([CH3])[CH]1C(C)=C(c3ccccc31)[Si]2(c1ccccc1)c1ccccc1. The molecular formula is C34H32HfSi. The number of allylic oxidation sites excluding steroid dienone is 2. The van der Waals surface area contributed by atoms with Crippen LogP contribution < -0.4 is 10.4 Å². The predicted octanol–water partition coefficient (Wildman–Crippen LogP) is 7.65. The summed E-state index contributed by atoms with van der Waals surface area (Å²) in [5.41, 5.74) is 9.70. The van der Waals surface area contributed by atoms with Gasteiger partial charge >= 0.3 is 222 Å². The van der Waals surface area contributed by atoms with Crippen LogP contribution in [0, 0.1) is 0 Å². The Balaban J connectivity index is 1.75. The van der Waals surface area contributed by atoms with E-state index in [4.69, 9.17) is 0 Å². The average Bonchev–Trinajstić information content (AvgIpc) is 3.39. The van der Waals surface area contributed by atoms with Gasteiger partial charge in [-0.05, 0) is 0 Å². The van der Waals surface area contributed by atoms with Gasteiger partial charge in [-0.15, -0.1) is 0 Å². The number of fused-ring (bicyclic) bond motifs is 8. The molecule has 1 heterocycles. The van der Waals surface area contributed by atoms with Crippen molar-refractivity contribution in [3.05, 3.63) is 143 Å². The van der Waals surface area contributed by atoms with Crippen molar-refractivity contribution < 1.29 is 20.0 Å². The zero-order chi connectivity index (χ0) is 24.7. The summed E-state index contributed by atoms with van der Waals surface area (Å²) in [5.74, 6) is 0. The number of rotatable bonds is 2. The van der Waals surface area contributed by atoms with Gasteiger partial charge in [-0.1, -0.05) is 0 Å². The molecule has 2 heteroatoms. The van der Waals surface area contributed by atoms with Crippen molar-refractivity contribution in [2.45, 2.75) is 30.6 Å². The van der Waals surface area contributed by atoms with Gasteiger partial charge in [0.15, 0.2) is 0 Å². The van der Waals surface area contributed by atoms with Gasteiger partial charge in [0.1, 0.15) is 0 Å². The molecule has 0 saturated heterocycles. The van der Waals surface area contributed by atoms with Crippen molar-refractivity contribution >= 4 is 28.8 Å². The van der Waals surface area contributed by atoms with Crippen molar-refractivity contribution in [2.24, 2.45) is 0 Å². The molecule has 2 aliphatic carbocycles. The Hall–Kier alpha value is -2.55. The Kier molecular flexibility index (Phi) is 5.01. The molecule has 0 N–H and O–H groups in total. The molecule has 36 heavy (non-hydrogen) atoms. The third-order valence-electron chi connectivity index (χ3n) is 9.39. The Labute approximate surface area is 220 Å². The van der Waals surface area contributed by atoms with Gasteiger partial charge in [0.05, 0.1) is 0 Å². The molecule has 1 aliphatic heterocycles. The molecule has 0 fully saturated rings. The van der Waals surface area contributed by atoms with Crippen LogP contribution in [0.4, 0.5) is 0 Å². The van der Waals surface area contributed by atoms with Crippen LogP contribution in [0.3, 0.4) is 0 Å². The first kappa shape index (κ1) is 22.6. The quantitative estimate of drug-likeness (QED) is 0.196. The van der Waals surface area contributed by atoms with E-state index < -0.39 is 28.0 Å². The first-order chi connectivity index (χ1) is 17.5. The topological polar surface area (TPSA) is 0 Å². The van der Waals surface area contributed by atoms with Crippen LogP contribution in [0.25, 0.3) is 10.4 Å². The fourth-order valence-corrected chi connectivity index (χ4v) is 33.2. The van der Waals surface area contributed by atoms with E-state index in [2.05, 4.69) is 132 Å². The second-order valence-corrected chi connectivity index (χ2v) is 32.4. The molecule has 2 unspecified atom stereocenters. The minimum atomic E-state index is -2.98. The Bertz CT molecular complexity index is 1460. The minimum absolute atomic E-state index is 0.621. The Morgan fingerprint density at radius 2 is 0.861 bits per heavy atom. The van der Waals surface area contributed by atoms with Crippen molar-refractivity contribution in [1.29, 1.82) is 0 Å². The van der Waals surface area contributed by atoms with E-state index in [0.717, 1.165) is 0 Å². The maximum absolute atomic E-state index is 2.98. The molecule has 176 valence electrons. The molecule has 0 amide bonds. The standard InChI is InChI=1S/C32H26Si.2CH3.Hf/c1-23-21-25-13-9-11-19-29(25)31(23)33(27-15-5-3-6-16-27,28-17-7-4-8-18-28)32-24(2)22-26-14-10-12-20-30(26)32;;;/h3-22H,1-2H3;2*1H3;. The van der Waals surface area contributed by atoms with Crippen molar-refractivity contribution in [1.82, 2.24) is 0 Å². The normalized spacial score (nSPS) is 22.7. The van der Waals surface area contributed by atoms with Gasteiger partial charge in [-0.25, -0.2) is 0 Å². The molecule has 0 spiro atoms. The van der Waals surface area contributed by atoms with E-state index >= 15 is 0 Å². The van der Waals surface area contributed by atoms with Crippen LogP contribution in [0.15, 0.2) is 120 Å². The fourth-order valence-electron chi connectivity index (χ4n) is 8.46. The zero-order valence-corrected chi connectivity index (χ0v) is 26.1. The van der Waals surface area contributed by atoms with Gasteiger partial charge in [0.2, 0.25) is 0 Å². The van der Waals surface area contributed by atoms with E-state index in [1.54, 1.807) is 32.7 Å². The van der Waals surface area contributed by atoms with Gasteiger partial charge < -0.3 is 0 Å². The molecule has 0 aromatic heterocycles. The van der Waals surface area contributed by atoms with Crippen LogP contribution >= 0.6 is 0 Å². The summed E-state index contributed by atoms with van der Waals surface area (Å²) in [5, 5.41) is 6.39. The second kappa shape index (κ2) is 7.97. The summed E-state index contributed by atoms with van der Waals surface area (Å²) in [6, 6.07) is 42.1. The molecule has 0 nitrogen and oxygen atoms in total. The van der Waals surface area contributed by atoms with Crippen LogP contribution in [-0.4, -0.2) is 8.07 Å². The number of hydrogen-bond acceptors (Lipinski definition) is 0. The van der Waals surface area contributed by atoms with Gasteiger partial charge in [-0.3, -0.25) is 0 Å². The molecule has 4 aromatic rings. The first-order valence-electron chi connectivity index (χ1n) is 13.2. The van der Waals surface area contributed by atoms with E-state index in [1.807, 2.05) is 0 Å². The molecule has 7 rings (SSSR count). The monoisotopic (exact) mass is 648 g/mol. The molecule has 4 aromatic carbocycles. The third-order valence-corrected chi connectivity index (χ3v) is 30.7. The summed E-state index contributed by atoms with van der Waals surface area (Å²) >= 11 is -2.98. The van der Waals surface area contributed by atoms with Crippen molar-refractivity contribution in [3.63, 3.8) is 0 Å². The summed E-state index contributed by atoms with van der Waals surface area (Å²) in [4.78, 5) is 0. The molecule has 3 aliphatic rings. The van der Waals surface area contributed by atoms with Gasteiger partial charge in [0, 0.05) is 0 Å². The van der Waals surface area contributed by atoms with Gasteiger partial charge in [0.25, 0.3) is 0 Å². The zero-order valence-electron chi connectivity index (χ0n) is 21.5. The Morgan fingerprint density at radius 3 is 1.28 bits per heavy atom. The molecule has 2 atom stereocenters. The summed E-state index contributed by atoms with van der Waals surface area (Å²) in [6.45, 7) is 5.03. The Morgan fingerprint density at radius 1 is 0.500 bits per heavy atom. The average molecular weight is 647 g/mol. The molecule has 0 saturated carbocycles. The van der Waals surface area contributed by atoms with Crippen LogP contribution in [-0.2, 0) is 20.0 Å². The third kappa shape index (κ3) is 2.72. The molecule has 0 radical (unpaired) electrons. The number of benzene rings is 4. The van der Waals surface area contributed by atoms with Crippen LogP contribution in [0.1, 0.15) is 43.5 Å². The summed E-state index contributed by atoms with van der Waals surface area (Å²) < 4.78 is 6.73.